The van der Waals surface area contributed by atoms with Gasteiger partial charge in [-0.1, -0.05) is 18.2 Å². The van der Waals surface area contributed by atoms with Crippen LogP contribution in [0.15, 0.2) is 11.2 Å². The van der Waals surface area contributed by atoms with Gasteiger partial charge in [-0.15, -0.1) is 0 Å². The van der Waals surface area contributed by atoms with Crippen molar-refractivity contribution in [1.82, 2.24) is 14.9 Å². The molecule has 1 aromatic heterocycles. The molecule has 20 heavy (non-hydrogen) atoms. The van der Waals surface area contributed by atoms with E-state index < -0.39 is 0 Å². The van der Waals surface area contributed by atoms with Crippen molar-refractivity contribution in [3.8, 4) is 0 Å². The van der Waals surface area contributed by atoms with Gasteiger partial charge in [-0.05, 0) is 39.1 Å². The minimum absolute atomic E-state index is 0.391. The predicted molar refractivity (Wildman–Crippen MR) is 86.7 cm³/mol. The van der Waals surface area contributed by atoms with Crippen molar-refractivity contribution in [3.63, 3.8) is 0 Å². The standard InChI is InChI=1S/C14H25N5S/c1-11(10-19-7-5-4-6-8-19)16-13-9-12(15-2)17-14(18-13)20-3/h9,11H,4-8,10H2,1-3H3,(H2,15,16,17,18). The van der Waals surface area contributed by atoms with E-state index in [0.29, 0.717) is 6.04 Å². The van der Waals surface area contributed by atoms with Crippen molar-refractivity contribution < 1.29 is 0 Å². The number of rotatable bonds is 6. The molecule has 1 unspecified atom stereocenters. The Hall–Kier alpha value is -1.01. The van der Waals surface area contributed by atoms with Crippen molar-refractivity contribution in [3.05, 3.63) is 6.07 Å². The van der Waals surface area contributed by atoms with Crippen molar-refractivity contribution in [2.75, 3.05) is 43.6 Å². The Morgan fingerprint density at radius 3 is 2.60 bits per heavy atom. The van der Waals surface area contributed by atoms with Crippen LogP contribution in [0.3, 0.4) is 0 Å². The number of anilines is 2. The van der Waals surface area contributed by atoms with Gasteiger partial charge in [0.2, 0.25) is 0 Å². The summed E-state index contributed by atoms with van der Waals surface area (Å²) in [7, 11) is 1.88. The van der Waals surface area contributed by atoms with Crippen LogP contribution < -0.4 is 10.6 Å². The average molecular weight is 295 g/mol. The van der Waals surface area contributed by atoms with Crippen LogP contribution in [-0.2, 0) is 0 Å². The monoisotopic (exact) mass is 295 g/mol. The summed E-state index contributed by atoms with van der Waals surface area (Å²) in [6.45, 7) is 5.75. The maximum atomic E-state index is 4.52. The van der Waals surface area contributed by atoms with E-state index in [1.807, 2.05) is 19.4 Å². The lowest BCUT2D eigenvalue weighted by Crippen LogP contribution is -2.38. The van der Waals surface area contributed by atoms with Crippen LogP contribution in [0.4, 0.5) is 11.6 Å². The summed E-state index contributed by atoms with van der Waals surface area (Å²) < 4.78 is 0. The maximum absolute atomic E-state index is 4.52. The largest absolute Gasteiger partial charge is 0.373 e. The highest BCUT2D eigenvalue weighted by Crippen LogP contribution is 2.18. The third-order valence-corrected chi connectivity index (χ3v) is 4.07. The molecule has 2 heterocycles. The number of hydrogen-bond donors (Lipinski definition) is 2. The molecule has 0 amide bonds. The van der Waals surface area contributed by atoms with E-state index >= 15 is 0 Å². The molecular weight excluding hydrogens is 270 g/mol. The Morgan fingerprint density at radius 1 is 1.25 bits per heavy atom. The molecule has 6 heteroatoms. The van der Waals surface area contributed by atoms with Gasteiger partial charge in [-0.3, -0.25) is 0 Å². The molecule has 2 N–H and O–H groups in total. The van der Waals surface area contributed by atoms with E-state index in [4.69, 9.17) is 0 Å². The normalized spacial score (nSPS) is 17.8. The minimum Gasteiger partial charge on any atom is -0.373 e. The zero-order chi connectivity index (χ0) is 14.4. The fraction of sp³-hybridized carbons (Fsp3) is 0.714. The number of piperidine rings is 1. The molecule has 1 aliphatic rings. The van der Waals surface area contributed by atoms with Crippen molar-refractivity contribution in [1.29, 1.82) is 0 Å². The van der Waals surface area contributed by atoms with Crippen molar-refractivity contribution >= 4 is 23.4 Å². The van der Waals surface area contributed by atoms with Crippen LogP contribution in [-0.4, -0.2) is 53.8 Å². The first-order valence-electron chi connectivity index (χ1n) is 7.31. The molecule has 0 spiro atoms. The third kappa shape index (κ3) is 4.52. The molecule has 5 nitrogen and oxygen atoms in total. The molecule has 1 aromatic rings. The molecule has 0 saturated carbocycles. The van der Waals surface area contributed by atoms with Gasteiger partial charge in [0.15, 0.2) is 5.16 Å². The Kier molecular flexibility index (Phi) is 5.91. The van der Waals surface area contributed by atoms with Gasteiger partial charge in [-0.25, -0.2) is 9.97 Å². The molecule has 1 atom stereocenters. The Balaban J connectivity index is 1.93. The fourth-order valence-electron chi connectivity index (χ4n) is 2.55. The number of aromatic nitrogens is 2. The molecule has 1 fully saturated rings. The summed E-state index contributed by atoms with van der Waals surface area (Å²) in [4.78, 5) is 11.4. The highest BCUT2D eigenvalue weighted by atomic mass is 32.2. The van der Waals surface area contributed by atoms with Crippen LogP contribution in [0.5, 0.6) is 0 Å². The number of hydrogen-bond acceptors (Lipinski definition) is 6. The summed E-state index contributed by atoms with van der Waals surface area (Å²) in [5.41, 5.74) is 0. The lowest BCUT2D eigenvalue weighted by atomic mass is 10.1. The molecule has 1 aliphatic heterocycles. The number of nitrogens with zero attached hydrogens (tertiary/aromatic N) is 3. The zero-order valence-corrected chi connectivity index (χ0v) is 13.5. The summed E-state index contributed by atoms with van der Waals surface area (Å²) in [6, 6.07) is 2.36. The first kappa shape index (κ1) is 15.4. The molecule has 0 radical (unpaired) electrons. The molecule has 1 saturated heterocycles. The van der Waals surface area contributed by atoms with Gasteiger partial charge in [0.05, 0.1) is 0 Å². The molecule has 0 bridgehead atoms. The summed E-state index contributed by atoms with van der Waals surface area (Å²) in [5, 5.41) is 7.37. The van der Waals surface area contributed by atoms with Gasteiger partial charge in [0.25, 0.3) is 0 Å². The van der Waals surface area contributed by atoms with Gasteiger partial charge in [-0.2, -0.15) is 0 Å². The van der Waals surface area contributed by atoms with E-state index in [-0.39, 0.29) is 0 Å². The zero-order valence-electron chi connectivity index (χ0n) is 12.6. The summed E-state index contributed by atoms with van der Waals surface area (Å²) >= 11 is 1.56. The minimum atomic E-state index is 0.391. The lowest BCUT2D eigenvalue weighted by molar-refractivity contribution is 0.223. The Labute approximate surface area is 125 Å². The first-order chi connectivity index (χ1) is 9.71. The molecular formula is C14H25N5S. The van der Waals surface area contributed by atoms with Crippen molar-refractivity contribution in [2.45, 2.75) is 37.4 Å². The SMILES string of the molecule is CNc1cc(NC(C)CN2CCCCC2)nc(SC)n1. The number of nitrogens with one attached hydrogen (secondary N) is 2. The van der Waals surface area contributed by atoms with E-state index in [0.717, 1.165) is 23.3 Å². The second-order valence-corrected chi connectivity index (χ2v) is 6.06. The third-order valence-electron chi connectivity index (χ3n) is 3.52. The Morgan fingerprint density at radius 2 is 1.95 bits per heavy atom. The Bertz CT molecular complexity index is 398. The van der Waals surface area contributed by atoms with Gasteiger partial charge in [0, 0.05) is 25.7 Å². The molecule has 0 aromatic carbocycles. The number of thioether (sulfide) groups is 1. The molecule has 2 rings (SSSR count). The van der Waals surface area contributed by atoms with Crippen LogP contribution in [0.2, 0.25) is 0 Å². The van der Waals surface area contributed by atoms with E-state index in [1.54, 1.807) is 11.8 Å². The van der Waals surface area contributed by atoms with Crippen LogP contribution >= 0.6 is 11.8 Å². The predicted octanol–water partition coefficient (Wildman–Crippen LogP) is 2.53. The highest BCUT2D eigenvalue weighted by molar-refractivity contribution is 7.98. The number of likely N-dealkylation sites (tertiary alicyclic amines) is 1. The van der Waals surface area contributed by atoms with Crippen LogP contribution in [0.25, 0.3) is 0 Å². The average Bonchev–Trinajstić information content (AvgIpc) is 2.47. The molecule has 112 valence electrons. The van der Waals surface area contributed by atoms with Crippen molar-refractivity contribution in [2.24, 2.45) is 0 Å². The smallest absolute Gasteiger partial charge is 0.191 e. The quantitative estimate of drug-likeness (QED) is 0.621. The summed E-state index contributed by atoms with van der Waals surface area (Å²) in [6.07, 6.45) is 6.05. The fourth-order valence-corrected chi connectivity index (χ4v) is 2.93. The van der Waals surface area contributed by atoms with Gasteiger partial charge in [0.1, 0.15) is 11.6 Å². The highest BCUT2D eigenvalue weighted by Gasteiger charge is 2.14. The second-order valence-electron chi connectivity index (χ2n) is 5.28. The van der Waals surface area contributed by atoms with Gasteiger partial charge >= 0.3 is 0 Å². The van der Waals surface area contributed by atoms with Crippen LogP contribution in [0, 0.1) is 0 Å². The first-order valence-corrected chi connectivity index (χ1v) is 8.53. The second kappa shape index (κ2) is 7.69. The van der Waals surface area contributed by atoms with E-state index in [9.17, 15) is 0 Å². The maximum Gasteiger partial charge on any atom is 0.191 e. The molecule has 0 aliphatic carbocycles. The lowest BCUT2D eigenvalue weighted by Gasteiger charge is -2.29. The van der Waals surface area contributed by atoms with Gasteiger partial charge < -0.3 is 15.5 Å². The van der Waals surface area contributed by atoms with Crippen LogP contribution in [0.1, 0.15) is 26.2 Å². The van der Waals surface area contributed by atoms with E-state index in [2.05, 4.69) is 32.4 Å². The summed E-state index contributed by atoms with van der Waals surface area (Å²) in [5.74, 6) is 1.76. The van der Waals surface area contributed by atoms with E-state index in [1.165, 1.54) is 32.4 Å². The topological polar surface area (TPSA) is 53.1 Å².